The molecular formula is C26H23NO2. The highest BCUT2D eigenvalue weighted by Gasteiger charge is 2.28. The minimum atomic E-state index is -0.399. The maximum Gasteiger partial charge on any atom is 0.407 e. The lowest BCUT2D eigenvalue weighted by molar-refractivity contribution is 0.143. The summed E-state index contributed by atoms with van der Waals surface area (Å²) < 4.78 is 5.52. The van der Waals surface area contributed by atoms with Crippen LogP contribution in [-0.2, 0) is 4.74 Å². The molecule has 1 N–H and O–H groups in total. The first-order chi connectivity index (χ1) is 14.2. The molecule has 0 bridgehead atoms. The van der Waals surface area contributed by atoms with Crippen molar-refractivity contribution in [2.75, 3.05) is 13.2 Å². The minimum absolute atomic E-state index is 0.0782. The Morgan fingerprint density at radius 2 is 1.55 bits per heavy atom. The van der Waals surface area contributed by atoms with E-state index in [2.05, 4.69) is 48.3 Å². The summed E-state index contributed by atoms with van der Waals surface area (Å²) in [5, 5.41) is 2.79. The molecule has 3 nitrogen and oxygen atoms in total. The first kappa shape index (κ1) is 18.8. The van der Waals surface area contributed by atoms with Crippen LogP contribution in [0.1, 0.15) is 34.6 Å². The first-order valence-electron chi connectivity index (χ1n) is 9.87. The van der Waals surface area contributed by atoms with Crippen molar-refractivity contribution in [1.82, 2.24) is 5.32 Å². The predicted molar refractivity (Wildman–Crippen MR) is 116 cm³/mol. The second kappa shape index (κ2) is 8.67. The van der Waals surface area contributed by atoms with Gasteiger partial charge in [-0.15, -0.1) is 0 Å². The topological polar surface area (TPSA) is 38.3 Å². The summed E-state index contributed by atoms with van der Waals surface area (Å²) in [6.07, 6.45) is 0.182. The lowest BCUT2D eigenvalue weighted by Gasteiger charge is -2.14. The summed E-state index contributed by atoms with van der Waals surface area (Å²) >= 11 is 0. The van der Waals surface area contributed by atoms with Crippen LogP contribution in [-0.4, -0.2) is 19.2 Å². The summed E-state index contributed by atoms with van der Waals surface area (Å²) in [5.41, 5.74) is 7.08. The van der Waals surface area contributed by atoms with E-state index < -0.39 is 6.09 Å². The van der Waals surface area contributed by atoms with Crippen molar-refractivity contribution in [2.24, 2.45) is 0 Å². The Labute approximate surface area is 171 Å². The lowest BCUT2D eigenvalue weighted by atomic mass is 9.98. The van der Waals surface area contributed by atoms with Gasteiger partial charge >= 0.3 is 6.09 Å². The maximum atomic E-state index is 12.1. The zero-order chi connectivity index (χ0) is 20.1. The van der Waals surface area contributed by atoms with E-state index in [0.717, 1.165) is 5.56 Å². The van der Waals surface area contributed by atoms with Gasteiger partial charge in [0, 0.05) is 24.4 Å². The molecule has 144 valence electrons. The zero-order valence-electron chi connectivity index (χ0n) is 16.4. The van der Waals surface area contributed by atoms with E-state index >= 15 is 0 Å². The van der Waals surface area contributed by atoms with E-state index in [1.807, 2.05) is 48.5 Å². The van der Waals surface area contributed by atoms with Gasteiger partial charge in [-0.05, 0) is 41.3 Å². The Balaban J connectivity index is 1.29. The summed E-state index contributed by atoms with van der Waals surface area (Å²) in [6.45, 7) is 2.85. The van der Waals surface area contributed by atoms with Gasteiger partial charge in [-0.3, -0.25) is 0 Å². The van der Waals surface area contributed by atoms with Gasteiger partial charge in [0.25, 0.3) is 0 Å². The standard InChI is InChI=1S/C26H23NO2/c1-19-13-15-20(16-14-19)8-6-7-17-27-26(28)29-18-25-23-11-4-2-9-21(23)22-10-3-5-12-24(22)25/h2-5,9-16,25H,7,17-18H2,1H3,(H,27,28). The van der Waals surface area contributed by atoms with Crippen molar-refractivity contribution in [3.63, 3.8) is 0 Å². The Bertz CT molecular complexity index is 1030. The SMILES string of the molecule is Cc1ccc(C#CCCNC(=O)OCC2c3ccccc3-c3ccccc32)cc1. The van der Waals surface area contributed by atoms with Crippen LogP contribution < -0.4 is 5.32 Å². The van der Waals surface area contributed by atoms with Crippen molar-refractivity contribution in [2.45, 2.75) is 19.3 Å². The normalized spacial score (nSPS) is 11.8. The number of carbonyl (C=O) groups is 1. The van der Waals surface area contributed by atoms with Gasteiger partial charge < -0.3 is 10.1 Å². The molecule has 0 atom stereocenters. The predicted octanol–water partition coefficient (Wildman–Crippen LogP) is 5.28. The number of ether oxygens (including phenoxy) is 1. The Morgan fingerprint density at radius 3 is 2.21 bits per heavy atom. The molecule has 0 saturated carbocycles. The largest absolute Gasteiger partial charge is 0.449 e. The fourth-order valence-corrected chi connectivity index (χ4v) is 3.68. The second-order valence-corrected chi connectivity index (χ2v) is 7.17. The molecule has 4 rings (SSSR count). The smallest absolute Gasteiger partial charge is 0.407 e. The van der Waals surface area contributed by atoms with Gasteiger partial charge in [-0.2, -0.15) is 0 Å². The minimum Gasteiger partial charge on any atom is -0.449 e. The molecule has 0 spiro atoms. The van der Waals surface area contributed by atoms with Crippen LogP contribution in [0.25, 0.3) is 11.1 Å². The number of benzene rings is 3. The Morgan fingerprint density at radius 1 is 0.931 bits per heavy atom. The van der Waals surface area contributed by atoms with Gasteiger partial charge in [0.2, 0.25) is 0 Å². The van der Waals surface area contributed by atoms with Crippen LogP contribution in [0, 0.1) is 18.8 Å². The van der Waals surface area contributed by atoms with E-state index in [4.69, 9.17) is 4.74 Å². The van der Waals surface area contributed by atoms with Crippen molar-refractivity contribution in [3.05, 3.63) is 95.1 Å². The van der Waals surface area contributed by atoms with Crippen LogP contribution in [0.3, 0.4) is 0 Å². The van der Waals surface area contributed by atoms with Crippen LogP contribution in [0.5, 0.6) is 0 Å². The van der Waals surface area contributed by atoms with E-state index in [-0.39, 0.29) is 5.92 Å². The fourth-order valence-electron chi connectivity index (χ4n) is 3.68. The quantitative estimate of drug-likeness (QED) is 0.493. The van der Waals surface area contributed by atoms with E-state index in [0.29, 0.717) is 19.6 Å². The molecule has 3 heteroatoms. The number of hydrogen-bond acceptors (Lipinski definition) is 2. The third-order valence-electron chi connectivity index (χ3n) is 5.15. The third-order valence-corrected chi connectivity index (χ3v) is 5.15. The molecule has 0 aliphatic heterocycles. The van der Waals surface area contributed by atoms with Gasteiger partial charge in [0.1, 0.15) is 6.61 Å². The van der Waals surface area contributed by atoms with Gasteiger partial charge in [0.15, 0.2) is 0 Å². The molecule has 1 aliphatic rings. The highest BCUT2D eigenvalue weighted by Crippen LogP contribution is 2.44. The van der Waals surface area contributed by atoms with E-state index in [9.17, 15) is 4.79 Å². The van der Waals surface area contributed by atoms with Crippen LogP contribution in [0.4, 0.5) is 4.79 Å². The average Bonchev–Trinajstić information content (AvgIpc) is 3.07. The number of amides is 1. The third kappa shape index (κ3) is 4.33. The molecule has 3 aromatic rings. The monoisotopic (exact) mass is 381 g/mol. The van der Waals surface area contributed by atoms with Crippen LogP contribution in [0.15, 0.2) is 72.8 Å². The summed E-state index contributed by atoms with van der Waals surface area (Å²) in [6, 6.07) is 24.7. The van der Waals surface area contributed by atoms with Gasteiger partial charge in [0.05, 0.1) is 0 Å². The van der Waals surface area contributed by atoms with Crippen LogP contribution >= 0.6 is 0 Å². The Hall–Kier alpha value is -3.51. The molecule has 3 aromatic carbocycles. The molecule has 29 heavy (non-hydrogen) atoms. The summed E-state index contributed by atoms with van der Waals surface area (Å²) in [4.78, 5) is 12.1. The number of alkyl carbamates (subject to hydrolysis) is 1. The van der Waals surface area contributed by atoms with Crippen LogP contribution in [0.2, 0.25) is 0 Å². The molecule has 0 radical (unpaired) electrons. The molecule has 0 saturated heterocycles. The zero-order valence-corrected chi connectivity index (χ0v) is 16.4. The van der Waals surface area contributed by atoms with Crippen molar-refractivity contribution >= 4 is 6.09 Å². The molecule has 0 fully saturated rings. The molecule has 0 aromatic heterocycles. The number of hydrogen-bond donors (Lipinski definition) is 1. The maximum absolute atomic E-state index is 12.1. The number of nitrogens with one attached hydrogen (secondary N) is 1. The highest BCUT2D eigenvalue weighted by atomic mass is 16.5. The number of aryl methyl sites for hydroxylation is 1. The fraction of sp³-hybridized carbons (Fsp3) is 0.192. The summed E-state index contributed by atoms with van der Waals surface area (Å²) in [7, 11) is 0. The number of fused-ring (bicyclic) bond motifs is 3. The number of rotatable bonds is 4. The van der Waals surface area contributed by atoms with Crippen molar-refractivity contribution in [1.29, 1.82) is 0 Å². The molecule has 0 unspecified atom stereocenters. The second-order valence-electron chi connectivity index (χ2n) is 7.17. The molecule has 1 amide bonds. The first-order valence-corrected chi connectivity index (χ1v) is 9.87. The summed E-state index contributed by atoms with van der Waals surface area (Å²) in [5.74, 6) is 6.26. The average molecular weight is 381 g/mol. The Kier molecular flexibility index (Phi) is 5.63. The van der Waals surface area contributed by atoms with E-state index in [1.165, 1.54) is 27.8 Å². The van der Waals surface area contributed by atoms with Gasteiger partial charge in [-0.1, -0.05) is 78.1 Å². The molecule has 0 heterocycles. The highest BCUT2D eigenvalue weighted by molar-refractivity contribution is 5.79. The van der Waals surface area contributed by atoms with Crippen molar-refractivity contribution in [3.8, 4) is 23.0 Å². The van der Waals surface area contributed by atoms with Crippen molar-refractivity contribution < 1.29 is 9.53 Å². The van der Waals surface area contributed by atoms with Gasteiger partial charge in [-0.25, -0.2) is 4.79 Å². The molecular weight excluding hydrogens is 358 g/mol. The molecule has 1 aliphatic carbocycles. The lowest BCUT2D eigenvalue weighted by Crippen LogP contribution is -2.26. The van der Waals surface area contributed by atoms with E-state index in [1.54, 1.807) is 0 Å². The number of carbonyl (C=O) groups excluding carboxylic acids is 1.